The molecule has 2 amide bonds. The molecule has 1 aliphatic rings. The largest absolute Gasteiger partial charge is 0.467 e. The Hall–Kier alpha value is -2.80. The van der Waals surface area contributed by atoms with E-state index in [0.717, 1.165) is 0 Å². The lowest BCUT2D eigenvalue weighted by atomic mass is 9.96. The molecule has 0 saturated carbocycles. The summed E-state index contributed by atoms with van der Waals surface area (Å²) in [4.78, 5) is 38.4. The van der Waals surface area contributed by atoms with Crippen molar-refractivity contribution >= 4 is 29.4 Å². The van der Waals surface area contributed by atoms with Crippen LogP contribution in [0.15, 0.2) is 47.1 Å². The van der Waals surface area contributed by atoms with E-state index >= 15 is 0 Å². The molecule has 1 N–H and O–H groups in total. The molecule has 8 heteroatoms. The number of likely N-dealkylation sites (tertiary alicyclic amines) is 1. The van der Waals surface area contributed by atoms with Gasteiger partial charge in [0.1, 0.15) is 5.76 Å². The third-order valence-corrected chi connectivity index (χ3v) is 5.15. The van der Waals surface area contributed by atoms with Crippen molar-refractivity contribution in [2.45, 2.75) is 25.8 Å². The van der Waals surface area contributed by atoms with Gasteiger partial charge in [0.15, 0.2) is 6.61 Å². The lowest BCUT2D eigenvalue weighted by Crippen LogP contribution is -2.41. The molecule has 0 spiro atoms. The fourth-order valence-electron chi connectivity index (χ4n) is 3.24. The second-order valence-corrected chi connectivity index (χ2v) is 7.42. The standard InChI is InChI=1S/C21H23ClN2O5/c1-14(18-3-2-12-28-18)23-19(25)13-29-21(27)16-8-10-24(11-9-16)20(26)15-4-6-17(22)7-5-15/h2-7,12,14,16H,8-11,13H2,1H3,(H,23,25)/t14-/m1/s1. The number of hydrogen-bond donors (Lipinski definition) is 1. The van der Waals surface area contributed by atoms with Crippen molar-refractivity contribution in [3.05, 3.63) is 59.0 Å². The van der Waals surface area contributed by atoms with Gasteiger partial charge in [0, 0.05) is 23.7 Å². The normalized spacial score (nSPS) is 15.6. The van der Waals surface area contributed by atoms with Crippen LogP contribution in [0.3, 0.4) is 0 Å². The van der Waals surface area contributed by atoms with Crippen LogP contribution in [0.2, 0.25) is 5.02 Å². The van der Waals surface area contributed by atoms with E-state index in [-0.39, 0.29) is 24.5 Å². The topological polar surface area (TPSA) is 88.9 Å². The molecule has 7 nitrogen and oxygen atoms in total. The van der Waals surface area contributed by atoms with Crippen molar-refractivity contribution in [1.82, 2.24) is 10.2 Å². The fourth-order valence-corrected chi connectivity index (χ4v) is 3.37. The molecule has 2 aromatic rings. The van der Waals surface area contributed by atoms with E-state index in [9.17, 15) is 14.4 Å². The highest BCUT2D eigenvalue weighted by Gasteiger charge is 2.29. The molecule has 1 aromatic carbocycles. The number of amides is 2. The SMILES string of the molecule is C[C@@H](NC(=O)COC(=O)C1CCN(C(=O)c2ccc(Cl)cc2)CC1)c1ccco1. The lowest BCUT2D eigenvalue weighted by molar-refractivity contribution is -0.154. The van der Waals surface area contributed by atoms with Crippen molar-refractivity contribution in [2.24, 2.45) is 5.92 Å². The number of rotatable bonds is 6. The molecule has 154 valence electrons. The first-order chi connectivity index (χ1) is 13.9. The van der Waals surface area contributed by atoms with Gasteiger partial charge in [-0.05, 0) is 56.2 Å². The number of ether oxygens (including phenoxy) is 1. The van der Waals surface area contributed by atoms with Crippen LogP contribution in [0.5, 0.6) is 0 Å². The Morgan fingerprint density at radius 1 is 1.21 bits per heavy atom. The summed E-state index contributed by atoms with van der Waals surface area (Å²) in [5, 5.41) is 3.29. The molecule has 1 atom stereocenters. The summed E-state index contributed by atoms with van der Waals surface area (Å²) in [5.41, 5.74) is 0.567. The van der Waals surface area contributed by atoms with Gasteiger partial charge in [0.25, 0.3) is 11.8 Å². The van der Waals surface area contributed by atoms with Gasteiger partial charge in [-0.15, -0.1) is 0 Å². The van der Waals surface area contributed by atoms with E-state index in [1.54, 1.807) is 48.2 Å². The molecule has 0 bridgehead atoms. The number of nitrogens with zero attached hydrogens (tertiary/aromatic N) is 1. The summed E-state index contributed by atoms with van der Waals surface area (Å²) in [7, 11) is 0. The molecule has 1 saturated heterocycles. The van der Waals surface area contributed by atoms with Gasteiger partial charge in [-0.25, -0.2) is 0 Å². The van der Waals surface area contributed by atoms with Crippen LogP contribution in [0.1, 0.15) is 41.9 Å². The van der Waals surface area contributed by atoms with Crippen LogP contribution in [-0.4, -0.2) is 42.4 Å². The highest BCUT2D eigenvalue weighted by Crippen LogP contribution is 2.21. The number of hydrogen-bond acceptors (Lipinski definition) is 5. The maximum absolute atomic E-state index is 12.5. The zero-order chi connectivity index (χ0) is 20.8. The Morgan fingerprint density at radius 2 is 1.90 bits per heavy atom. The van der Waals surface area contributed by atoms with Crippen LogP contribution in [-0.2, 0) is 14.3 Å². The first-order valence-corrected chi connectivity index (χ1v) is 9.86. The Morgan fingerprint density at radius 3 is 2.52 bits per heavy atom. The van der Waals surface area contributed by atoms with Gasteiger partial charge in [0.2, 0.25) is 0 Å². The molecular formula is C21H23ClN2O5. The maximum Gasteiger partial charge on any atom is 0.309 e. The van der Waals surface area contributed by atoms with Gasteiger partial charge in [0.05, 0.1) is 18.2 Å². The summed E-state index contributed by atoms with van der Waals surface area (Å²) in [6, 6.07) is 9.92. The number of carbonyl (C=O) groups excluding carboxylic acids is 3. The van der Waals surface area contributed by atoms with Crippen LogP contribution < -0.4 is 5.32 Å². The van der Waals surface area contributed by atoms with E-state index in [4.69, 9.17) is 20.8 Å². The zero-order valence-electron chi connectivity index (χ0n) is 16.1. The quantitative estimate of drug-likeness (QED) is 0.727. The van der Waals surface area contributed by atoms with Gasteiger partial charge < -0.3 is 19.4 Å². The van der Waals surface area contributed by atoms with Gasteiger partial charge in [-0.2, -0.15) is 0 Å². The van der Waals surface area contributed by atoms with E-state index in [2.05, 4.69) is 5.32 Å². The molecule has 3 rings (SSSR count). The second kappa shape index (κ2) is 9.60. The maximum atomic E-state index is 12.5. The molecule has 1 aromatic heterocycles. The molecule has 0 unspecified atom stereocenters. The Bertz CT molecular complexity index is 842. The third kappa shape index (κ3) is 5.60. The summed E-state index contributed by atoms with van der Waals surface area (Å²) >= 11 is 5.85. The van der Waals surface area contributed by atoms with Crippen molar-refractivity contribution in [1.29, 1.82) is 0 Å². The van der Waals surface area contributed by atoms with Crippen molar-refractivity contribution in [2.75, 3.05) is 19.7 Å². The average Bonchev–Trinajstić information content (AvgIpc) is 3.27. The number of esters is 1. The van der Waals surface area contributed by atoms with Crippen molar-refractivity contribution in [3.63, 3.8) is 0 Å². The predicted octanol–water partition coefficient (Wildman–Crippen LogP) is 3.21. The Labute approximate surface area is 174 Å². The van der Waals surface area contributed by atoms with Gasteiger partial charge >= 0.3 is 5.97 Å². The lowest BCUT2D eigenvalue weighted by Gasteiger charge is -2.31. The smallest absolute Gasteiger partial charge is 0.309 e. The van der Waals surface area contributed by atoms with Gasteiger partial charge in [-0.3, -0.25) is 14.4 Å². The number of benzene rings is 1. The predicted molar refractivity (Wildman–Crippen MR) is 106 cm³/mol. The molecule has 0 radical (unpaired) electrons. The summed E-state index contributed by atoms with van der Waals surface area (Å²) < 4.78 is 10.4. The van der Waals surface area contributed by atoms with E-state index in [1.807, 2.05) is 0 Å². The van der Waals surface area contributed by atoms with Gasteiger partial charge in [-0.1, -0.05) is 11.6 Å². The van der Waals surface area contributed by atoms with E-state index < -0.39 is 11.9 Å². The minimum atomic E-state index is -0.413. The monoisotopic (exact) mass is 418 g/mol. The van der Waals surface area contributed by atoms with Crippen LogP contribution in [0, 0.1) is 5.92 Å². The van der Waals surface area contributed by atoms with E-state index in [0.29, 0.717) is 42.3 Å². The minimum Gasteiger partial charge on any atom is -0.467 e. The van der Waals surface area contributed by atoms with E-state index in [1.165, 1.54) is 6.26 Å². The Balaban J connectivity index is 1.41. The second-order valence-electron chi connectivity index (χ2n) is 6.99. The van der Waals surface area contributed by atoms with Crippen molar-refractivity contribution < 1.29 is 23.5 Å². The first kappa shape index (κ1) is 20.9. The minimum absolute atomic E-state index is 0.0835. The molecule has 0 aliphatic carbocycles. The third-order valence-electron chi connectivity index (χ3n) is 4.90. The average molecular weight is 419 g/mol. The number of halogens is 1. The Kier molecular flexibility index (Phi) is 6.93. The molecule has 1 fully saturated rings. The van der Waals surface area contributed by atoms with Crippen LogP contribution in [0.4, 0.5) is 0 Å². The van der Waals surface area contributed by atoms with Crippen LogP contribution in [0.25, 0.3) is 0 Å². The molecule has 1 aliphatic heterocycles. The molecular weight excluding hydrogens is 396 g/mol. The van der Waals surface area contributed by atoms with Crippen LogP contribution >= 0.6 is 11.6 Å². The van der Waals surface area contributed by atoms with Crippen molar-refractivity contribution in [3.8, 4) is 0 Å². The highest BCUT2D eigenvalue weighted by atomic mass is 35.5. The summed E-state index contributed by atoms with van der Waals surface area (Å²) in [5.74, 6) is -0.580. The number of furan rings is 1. The molecule has 29 heavy (non-hydrogen) atoms. The summed E-state index contributed by atoms with van der Waals surface area (Å²) in [6.45, 7) is 2.37. The molecule has 2 heterocycles. The summed E-state index contributed by atoms with van der Waals surface area (Å²) in [6.07, 6.45) is 2.53. The number of carbonyl (C=O) groups is 3. The fraction of sp³-hybridized carbons (Fsp3) is 0.381. The number of piperidine rings is 1. The highest BCUT2D eigenvalue weighted by molar-refractivity contribution is 6.30. The first-order valence-electron chi connectivity index (χ1n) is 9.48. The zero-order valence-corrected chi connectivity index (χ0v) is 16.9. The number of nitrogens with one attached hydrogen (secondary N) is 1.